The number of likely N-dealkylation sites (tertiary alicyclic amines) is 1. The number of carbonyl (C=O) groups is 3. The van der Waals surface area contributed by atoms with E-state index < -0.39 is 0 Å². The Morgan fingerprint density at radius 1 is 0.947 bits per heavy atom. The number of anilines is 1. The van der Waals surface area contributed by atoms with E-state index in [2.05, 4.69) is 56.5 Å². The smallest absolute Gasteiger partial charge is 0.319 e. The minimum atomic E-state index is -0.374. The van der Waals surface area contributed by atoms with Gasteiger partial charge in [0.1, 0.15) is 0 Å². The maximum absolute atomic E-state index is 12.7. The van der Waals surface area contributed by atoms with Gasteiger partial charge in [0.25, 0.3) is 5.91 Å². The quantitative estimate of drug-likeness (QED) is 0.441. The molecule has 1 aliphatic heterocycles. The van der Waals surface area contributed by atoms with E-state index in [0.29, 0.717) is 23.2 Å². The largest absolute Gasteiger partial charge is 0.349 e. The number of carbonyl (C=O) groups excluding carboxylic acids is 3. The highest BCUT2D eigenvalue weighted by Crippen LogP contribution is 2.35. The van der Waals surface area contributed by atoms with E-state index in [1.54, 1.807) is 18.2 Å². The zero-order valence-corrected chi connectivity index (χ0v) is 23.0. The molecule has 2 fully saturated rings. The summed E-state index contributed by atoms with van der Waals surface area (Å²) in [4.78, 5) is 39.8. The van der Waals surface area contributed by atoms with Gasteiger partial charge in [-0.3, -0.25) is 14.5 Å². The first kappa shape index (κ1) is 27.6. The summed E-state index contributed by atoms with van der Waals surface area (Å²) < 4.78 is 0. The zero-order chi connectivity index (χ0) is 27.3. The number of urea groups is 1. The first-order chi connectivity index (χ1) is 18.1. The number of nitrogens with one attached hydrogen (secondary N) is 4. The molecule has 1 heterocycles. The van der Waals surface area contributed by atoms with Crippen molar-refractivity contribution in [2.24, 2.45) is 0 Å². The number of benzene rings is 2. The molecule has 4 amide bonds. The van der Waals surface area contributed by atoms with Gasteiger partial charge in [-0.05, 0) is 88.6 Å². The Kier molecular flexibility index (Phi) is 8.72. The lowest BCUT2D eigenvalue weighted by Crippen LogP contribution is -2.63. The molecule has 204 valence electrons. The Labute approximate surface area is 225 Å². The van der Waals surface area contributed by atoms with E-state index in [-0.39, 0.29) is 36.0 Å². The van der Waals surface area contributed by atoms with Crippen LogP contribution in [0.5, 0.6) is 0 Å². The van der Waals surface area contributed by atoms with Gasteiger partial charge in [-0.1, -0.05) is 30.3 Å². The number of aryl methyl sites for hydroxylation is 1. The molecule has 0 atom stereocenters. The molecule has 1 aliphatic carbocycles. The Bertz CT molecular complexity index is 1130. The third kappa shape index (κ3) is 7.81. The molecule has 4 N–H and O–H groups in total. The minimum absolute atomic E-state index is 0.0846. The Hall–Kier alpha value is -3.39. The van der Waals surface area contributed by atoms with Crippen LogP contribution in [-0.2, 0) is 4.79 Å². The maximum atomic E-state index is 12.7. The number of rotatable bonds is 7. The van der Waals surface area contributed by atoms with Gasteiger partial charge in [0, 0.05) is 35.9 Å². The lowest BCUT2D eigenvalue weighted by atomic mass is 9.80. The summed E-state index contributed by atoms with van der Waals surface area (Å²) in [6, 6.07) is 16.3. The van der Waals surface area contributed by atoms with Crippen LogP contribution in [0.25, 0.3) is 0 Å². The lowest BCUT2D eigenvalue weighted by Gasteiger charge is -2.46. The number of amides is 4. The van der Waals surface area contributed by atoms with Crippen molar-refractivity contribution >= 4 is 23.5 Å². The Morgan fingerprint density at radius 3 is 2.29 bits per heavy atom. The van der Waals surface area contributed by atoms with Crippen molar-refractivity contribution in [3.05, 3.63) is 65.2 Å². The van der Waals surface area contributed by atoms with Crippen molar-refractivity contribution in [1.82, 2.24) is 20.9 Å². The molecule has 4 rings (SSSR count). The van der Waals surface area contributed by atoms with Crippen LogP contribution < -0.4 is 21.3 Å². The topological polar surface area (TPSA) is 103 Å². The molecule has 0 aromatic heterocycles. The Morgan fingerprint density at radius 2 is 1.63 bits per heavy atom. The summed E-state index contributed by atoms with van der Waals surface area (Å²) in [5, 5.41) is 11.3. The predicted octanol–water partition coefficient (Wildman–Crippen LogP) is 4.17. The first-order valence-corrected chi connectivity index (χ1v) is 13.6. The van der Waals surface area contributed by atoms with Crippen LogP contribution in [0.2, 0.25) is 0 Å². The number of hydrogen-bond donors (Lipinski definition) is 4. The monoisotopic (exact) mass is 519 g/mol. The van der Waals surface area contributed by atoms with Crippen molar-refractivity contribution in [2.75, 3.05) is 25.0 Å². The van der Waals surface area contributed by atoms with Gasteiger partial charge in [0.15, 0.2) is 0 Å². The van der Waals surface area contributed by atoms with Crippen molar-refractivity contribution in [2.45, 2.75) is 76.9 Å². The summed E-state index contributed by atoms with van der Waals surface area (Å²) >= 11 is 0. The third-order valence-corrected chi connectivity index (χ3v) is 7.25. The molecule has 0 spiro atoms. The molecule has 2 aromatic carbocycles. The van der Waals surface area contributed by atoms with Gasteiger partial charge in [0.2, 0.25) is 5.91 Å². The molecule has 1 saturated carbocycles. The van der Waals surface area contributed by atoms with Crippen LogP contribution >= 0.6 is 0 Å². The van der Waals surface area contributed by atoms with Gasteiger partial charge < -0.3 is 21.3 Å². The molecule has 0 unspecified atom stereocenters. The van der Waals surface area contributed by atoms with Crippen LogP contribution in [0.1, 0.15) is 73.9 Å². The fourth-order valence-corrected chi connectivity index (χ4v) is 5.43. The second-order valence-corrected chi connectivity index (χ2v) is 11.7. The van der Waals surface area contributed by atoms with Crippen LogP contribution in [0.3, 0.4) is 0 Å². The fraction of sp³-hybridized carbons (Fsp3) is 0.500. The van der Waals surface area contributed by atoms with Gasteiger partial charge in [-0.25, -0.2) is 4.79 Å². The van der Waals surface area contributed by atoms with Crippen molar-refractivity contribution in [1.29, 1.82) is 0 Å². The SMILES string of the molecule is Cc1cc(NC(=O)NC(C)(C)C)cc(C(=O)NCC(=O)NC2CN([C@H]3CC[C@@H](c4ccccc4)CC3)C2)c1. The van der Waals surface area contributed by atoms with E-state index in [1.165, 1.54) is 31.2 Å². The normalized spacial score (nSPS) is 20.2. The van der Waals surface area contributed by atoms with E-state index in [0.717, 1.165) is 18.7 Å². The summed E-state index contributed by atoms with van der Waals surface area (Å²) in [5.74, 6) is 0.119. The van der Waals surface area contributed by atoms with Gasteiger partial charge in [0.05, 0.1) is 12.6 Å². The molecule has 8 nitrogen and oxygen atoms in total. The minimum Gasteiger partial charge on any atom is -0.349 e. The summed E-state index contributed by atoms with van der Waals surface area (Å²) in [5.41, 5.74) is 2.82. The van der Waals surface area contributed by atoms with Crippen LogP contribution in [0.15, 0.2) is 48.5 Å². The van der Waals surface area contributed by atoms with Crippen LogP contribution in [-0.4, -0.2) is 60.0 Å². The Balaban J connectivity index is 1.17. The average Bonchev–Trinajstić information content (AvgIpc) is 2.83. The summed E-state index contributed by atoms with van der Waals surface area (Å²) in [7, 11) is 0. The van der Waals surface area contributed by atoms with E-state index >= 15 is 0 Å². The number of hydrogen-bond acceptors (Lipinski definition) is 4. The maximum Gasteiger partial charge on any atom is 0.319 e. The van der Waals surface area contributed by atoms with Crippen molar-refractivity contribution < 1.29 is 14.4 Å². The van der Waals surface area contributed by atoms with Crippen LogP contribution in [0.4, 0.5) is 10.5 Å². The van der Waals surface area contributed by atoms with Gasteiger partial charge in [-0.15, -0.1) is 0 Å². The molecular weight excluding hydrogens is 478 g/mol. The molecule has 2 aromatic rings. The second-order valence-electron chi connectivity index (χ2n) is 11.7. The zero-order valence-electron chi connectivity index (χ0n) is 23.0. The standard InChI is InChI=1S/C30H41N5O3/c1-20-14-23(16-24(15-20)33-29(38)34-30(2,3)4)28(37)31-17-27(36)32-25-18-35(19-25)26-12-10-22(11-13-26)21-8-6-5-7-9-21/h5-9,14-16,22,25-26H,10-13,17-19H2,1-4H3,(H,31,37)(H,32,36)(H2,33,34,38)/t22-,26+. The first-order valence-electron chi connectivity index (χ1n) is 13.6. The molecular formula is C30H41N5O3. The van der Waals surface area contributed by atoms with Gasteiger partial charge >= 0.3 is 6.03 Å². The molecule has 0 bridgehead atoms. The van der Waals surface area contributed by atoms with E-state index in [4.69, 9.17) is 0 Å². The van der Waals surface area contributed by atoms with E-state index in [9.17, 15) is 14.4 Å². The lowest BCUT2D eigenvalue weighted by molar-refractivity contribution is -0.122. The molecule has 8 heteroatoms. The molecule has 38 heavy (non-hydrogen) atoms. The van der Waals surface area contributed by atoms with Crippen molar-refractivity contribution in [3.8, 4) is 0 Å². The van der Waals surface area contributed by atoms with Crippen LogP contribution in [0, 0.1) is 6.92 Å². The highest BCUT2D eigenvalue weighted by atomic mass is 16.2. The summed E-state index contributed by atoms with van der Waals surface area (Å²) in [6.07, 6.45) is 4.82. The summed E-state index contributed by atoms with van der Waals surface area (Å²) in [6.45, 7) is 9.18. The second kappa shape index (κ2) is 12.0. The van der Waals surface area contributed by atoms with E-state index in [1.807, 2.05) is 27.7 Å². The van der Waals surface area contributed by atoms with Gasteiger partial charge in [-0.2, -0.15) is 0 Å². The molecule has 0 radical (unpaired) electrons. The highest BCUT2D eigenvalue weighted by Gasteiger charge is 2.35. The highest BCUT2D eigenvalue weighted by molar-refractivity contribution is 5.98. The van der Waals surface area contributed by atoms with Crippen molar-refractivity contribution in [3.63, 3.8) is 0 Å². The number of nitrogens with zero attached hydrogens (tertiary/aromatic N) is 1. The fourth-order valence-electron chi connectivity index (χ4n) is 5.43. The predicted molar refractivity (Wildman–Crippen MR) is 150 cm³/mol. The molecule has 2 aliphatic rings. The third-order valence-electron chi connectivity index (χ3n) is 7.25. The average molecular weight is 520 g/mol. The molecule has 1 saturated heterocycles.